The predicted octanol–water partition coefficient (Wildman–Crippen LogP) is 6.31. The van der Waals surface area contributed by atoms with E-state index in [0.717, 1.165) is 50.4 Å². The van der Waals surface area contributed by atoms with E-state index in [9.17, 15) is 0 Å². The van der Waals surface area contributed by atoms with Crippen LogP contribution in [0.4, 0.5) is 0 Å². The van der Waals surface area contributed by atoms with Crippen molar-refractivity contribution >= 4 is 21.5 Å². The van der Waals surface area contributed by atoms with Crippen LogP contribution in [0, 0.1) is 0 Å². The molecule has 2 heterocycles. The minimum Gasteiger partial charge on any atom is -0.493 e. The summed E-state index contributed by atoms with van der Waals surface area (Å²) in [6.45, 7) is 1.64. The normalized spacial score (nSPS) is 15.6. The molecule has 2 heteroatoms. The maximum absolute atomic E-state index is 5.96. The minimum atomic E-state index is 0.818. The van der Waals surface area contributed by atoms with Crippen LogP contribution in [0.3, 0.4) is 0 Å². The Bertz CT molecular complexity index is 1120. The first kappa shape index (κ1) is 16.0. The Morgan fingerprint density at radius 3 is 1.57 bits per heavy atom. The SMILES string of the molecule is c1cc(-c2cccc3cc4c(cc23)OCCC4)c2cc3c(cc2c1)CCCO3. The van der Waals surface area contributed by atoms with E-state index in [1.807, 2.05) is 0 Å². The third kappa shape index (κ3) is 2.48. The van der Waals surface area contributed by atoms with Gasteiger partial charge in [-0.25, -0.2) is 0 Å². The summed E-state index contributed by atoms with van der Waals surface area (Å²) in [5.41, 5.74) is 5.18. The Morgan fingerprint density at radius 2 is 1.07 bits per heavy atom. The van der Waals surface area contributed by atoms with Gasteiger partial charge in [0, 0.05) is 0 Å². The highest BCUT2D eigenvalue weighted by Crippen LogP contribution is 2.40. The second kappa shape index (κ2) is 6.27. The summed E-state index contributed by atoms with van der Waals surface area (Å²) < 4.78 is 11.9. The minimum absolute atomic E-state index is 0.818. The molecule has 4 aromatic carbocycles. The van der Waals surface area contributed by atoms with Crippen LogP contribution >= 0.6 is 0 Å². The van der Waals surface area contributed by atoms with Gasteiger partial charge in [-0.3, -0.25) is 0 Å². The Kier molecular flexibility index (Phi) is 3.58. The molecule has 0 N–H and O–H groups in total. The highest BCUT2D eigenvalue weighted by atomic mass is 16.5. The summed E-state index contributed by atoms with van der Waals surface area (Å²) >= 11 is 0. The second-order valence-electron chi connectivity index (χ2n) is 7.88. The van der Waals surface area contributed by atoms with E-state index in [4.69, 9.17) is 9.47 Å². The van der Waals surface area contributed by atoms with Gasteiger partial charge in [-0.1, -0.05) is 36.4 Å². The molecule has 2 aliphatic rings. The molecule has 0 bridgehead atoms. The van der Waals surface area contributed by atoms with Crippen molar-refractivity contribution in [3.05, 3.63) is 71.8 Å². The standard InChI is InChI=1S/C26H22O2/c1-5-17-13-19-7-3-11-27-25(19)15-23(17)21(9-1)22-10-2-6-18-14-20-8-4-12-28-26(20)16-24(18)22/h1-2,5-6,9-10,13-16H,3-4,7-8,11-12H2. The van der Waals surface area contributed by atoms with Crippen LogP contribution in [0.15, 0.2) is 60.7 Å². The number of ether oxygens (including phenoxy) is 2. The monoisotopic (exact) mass is 366 g/mol. The molecule has 0 saturated carbocycles. The van der Waals surface area contributed by atoms with E-state index in [1.54, 1.807) is 0 Å². The maximum atomic E-state index is 5.96. The molecule has 0 radical (unpaired) electrons. The third-order valence-corrected chi connectivity index (χ3v) is 6.11. The van der Waals surface area contributed by atoms with Crippen molar-refractivity contribution in [2.45, 2.75) is 25.7 Å². The van der Waals surface area contributed by atoms with Crippen molar-refractivity contribution in [3.8, 4) is 22.6 Å². The van der Waals surface area contributed by atoms with Crippen molar-refractivity contribution in [3.63, 3.8) is 0 Å². The van der Waals surface area contributed by atoms with E-state index in [0.29, 0.717) is 0 Å². The molecule has 0 saturated heterocycles. The number of fused-ring (bicyclic) bond motifs is 4. The molecule has 2 nitrogen and oxygen atoms in total. The zero-order valence-electron chi connectivity index (χ0n) is 15.8. The van der Waals surface area contributed by atoms with Crippen molar-refractivity contribution in [2.75, 3.05) is 13.2 Å². The highest BCUT2D eigenvalue weighted by molar-refractivity contribution is 6.06. The van der Waals surface area contributed by atoms with Crippen LogP contribution < -0.4 is 9.47 Å². The summed E-state index contributed by atoms with van der Waals surface area (Å²) in [6, 6.07) is 22.3. The molecule has 0 spiro atoms. The van der Waals surface area contributed by atoms with E-state index in [1.165, 1.54) is 43.8 Å². The molecule has 0 fully saturated rings. The van der Waals surface area contributed by atoms with Gasteiger partial charge in [-0.15, -0.1) is 0 Å². The molecule has 2 aliphatic heterocycles. The van der Waals surface area contributed by atoms with Crippen molar-refractivity contribution in [1.82, 2.24) is 0 Å². The van der Waals surface area contributed by atoms with Crippen LogP contribution in [-0.2, 0) is 12.8 Å². The lowest BCUT2D eigenvalue weighted by atomic mass is 9.91. The average molecular weight is 366 g/mol. The number of rotatable bonds is 1. The zero-order valence-corrected chi connectivity index (χ0v) is 15.8. The summed E-state index contributed by atoms with van der Waals surface area (Å²) in [5.74, 6) is 2.10. The van der Waals surface area contributed by atoms with Gasteiger partial charge < -0.3 is 9.47 Å². The number of aryl methyl sites for hydroxylation is 2. The fourth-order valence-electron chi connectivity index (χ4n) is 4.72. The second-order valence-corrected chi connectivity index (χ2v) is 7.88. The van der Waals surface area contributed by atoms with Gasteiger partial charge in [-0.2, -0.15) is 0 Å². The fourth-order valence-corrected chi connectivity index (χ4v) is 4.72. The quantitative estimate of drug-likeness (QED) is 0.393. The maximum Gasteiger partial charge on any atom is 0.123 e. The van der Waals surface area contributed by atoms with Gasteiger partial charge in [0.2, 0.25) is 0 Å². The number of hydrogen-bond donors (Lipinski definition) is 0. The van der Waals surface area contributed by atoms with Gasteiger partial charge in [0.1, 0.15) is 11.5 Å². The third-order valence-electron chi connectivity index (χ3n) is 6.11. The molecule has 28 heavy (non-hydrogen) atoms. The zero-order chi connectivity index (χ0) is 18.5. The molecule has 4 aromatic rings. The van der Waals surface area contributed by atoms with Crippen molar-refractivity contribution in [1.29, 1.82) is 0 Å². The number of benzene rings is 4. The first-order valence-electron chi connectivity index (χ1n) is 10.2. The van der Waals surface area contributed by atoms with Gasteiger partial charge in [0.15, 0.2) is 0 Å². The Hall–Kier alpha value is -3.00. The molecular weight excluding hydrogens is 344 g/mol. The van der Waals surface area contributed by atoms with E-state index < -0.39 is 0 Å². The molecule has 0 unspecified atom stereocenters. The van der Waals surface area contributed by atoms with Gasteiger partial charge in [0.25, 0.3) is 0 Å². The van der Waals surface area contributed by atoms with Gasteiger partial charge in [-0.05, 0) is 93.7 Å². The Balaban J connectivity index is 1.62. The van der Waals surface area contributed by atoms with Crippen LogP contribution in [0.1, 0.15) is 24.0 Å². The van der Waals surface area contributed by atoms with Crippen LogP contribution in [-0.4, -0.2) is 13.2 Å². The van der Waals surface area contributed by atoms with E-state index >= 15 is 0 Å². The first-order chi connectivity index (χ1) is 13.9. The summed E-state index contributed by atoms with van der Waals surface area (Å²) in [6.07, 6.45) is 4.42. The predicted molar refractivity (Wildman–Crippen MR) is 115 cm³/mol. The Morgan fingerprint density at radius 1 is 0.571 bits per heavy atom. The average Bonchev–Trinajstić information content (AvgIpc) is 2.75. The summed E-state index contributed by atoms with van der Waals surface area (Å²) in [7, 11) is 0. The highest BCUT2D eigenvalue weighted by Gasteiger charge is 2.16. The number of hydrogen-bond acceptors (Lipinski definition) is 2. The molecule has 138 valence electrons. The smallest absolute Gasteiger partial charge is 0.123 e. The largest absolute Gasteiger partial charge is 0.493 e. The van der Waals surface area contributed by atoms with E-state index in [-0.39, 0.29) is 0 Å². The van der Waals surface area contributed by atoms with Crippen molar-refractivity contribution < 1.29 is 9.47 Å². The lowest BCUT2D eigenvalue weighted by Gasteiger charge is -2.20. The van der Waals surface area contributed by atoms with Crippen LogP contribution in [0.25, 0.3) is 32.7 Å². The lowest BCUT2D eigenvalue weighted by molar-refractivity contribution is 0.289. The molecule has 0 aromatic heterocycles. The van der Waals surface area contributed by atoms with E-state index in [2.05, 4.69) is 60.7 Å². The molecule has 0 amide bonds. The first-order valence-corrected chi connectivity index (χ1v) is 10.2. The van der Waals surface area contributed by atoms with Crippen LogP contribution in [0.2, 0.25) is 0 Å². The molecule has 0 aliphatic carbocycles. The summed E-state index contributed by atoms with van der Waals surface area (Å²) in [4.78, 5) is 0. The van der Waals surface area contributed by atoms with Crippen molar-refractivity contribution in [2.24, 2.45) is 0 Å². The van der Waals surface area contributed by atoms with Gasteiger partial charge in [0.05, 0.1) is 13.2 Å². The topological polar surface area (TPSA) is 18.5 Å². The fraction of sp³-hybridized carbons (Fsp3) is 0.231. The summed E-state index contributed by atoms with van der Waals surface area (Å²) in [5, 5.41) is 5.09. The molecule has 0 atom stereocenters. The Labute approximate surface area is 164 Å². The lowest BCUT2D eigenvalue weighted by Crippen LogP contribution is -2.08. The molecular formula is C26H22O2. The van der Waals surface area contributed by atoms with Gasteiger partial charge >= 0.3 is 0 Å². The van der Waals surface area contributed by atoms with Crippen LogP contribution in [0.5, 0.6) is 11.5 Å². The molecule has 6 rings (SSSR count).